The van der Waals surface area contributed by atoms with Gasteiger partial charge in [0.05, 0.1) is 12.0 Å². The third-order valence-electron chi connectivity index (χ3n) is 2.85. The molecule has 0 aliphatic heterocycles. The minimum absolute atomic E-state index is 0.0961. The number of hydrogen-bond acceptors (Lipinski definition) is 4. The summed E-state index contributed by atoms with van der Waals surface area (Å²) in [5.41, 5.74) is 0.677. The second-order valence-corrected chi connectivity index (χ2v) is 4.20. The van der Waals surface area contributed by atoms with Gasteiger partial charge in [-0.15, -0.1) is 6.58 Å². The zero-order valence-electron chi connectivity index (χ0n) is 11.5. The summed E-state index contributed by atoms with van der Waals surface area (Å²) in [4.78, 5) is 12.7. The van der Waals surface area contributed by atoms with E-state index in [4.69, 9.17) is 4.74 Å². The maximum atomic E-state index is 11.1. The highest BCUT2D eigenvalue weighted by Gasteiger charge is 2.19. The molecule has 0 aliphatic carbocycles. The van der Waals surface area contributed by atoms with Gasteiger partial charge in [-0.25, -0.2) is 0 Å². The second kappa shape index (κ2) is 7.41. The largest absolute Gasteiger partial charge is 0.497 e. The lowest BCUT2D eigenvalue weighted by atomic mass is 10.2. The van der Waals surface area contributed by atoms with Gasteiger partial charge in [-0.1, -0.05) is 19.4 Å². The van der Waals surface area contributed by atoms with Crippen LogP contribution in [-0.2, 0) is 0 Å². The highest BCUT2D eigenvalue weighted by molar-refractivity contribution is 5.66. The Hall–Kier alpha value is -2.04. The van der Waals surface area contributed by atoms with Gasteiger partial charge in [-0.3, -0.25) is 10.1 Å². The molecular weight excluding hydrogens is 244 g/mol. The molecule has 0 spiro atoms. The van der Waals surface area contributed by atoms with Crippen molar-refractivity contribution in [2.75, 3.05) is 25.1 Å². The van der Waals surface area contributed by atoms with E-state index in [1.54, 1.807) is 25.3 Å². The van der Waals surface area contributed by atoms with E-state index in [0.29, 0.717) is 18.0 Å². The highest BCUT2D eigenvalue weighted by Crippen LogP contribution is 2.32. The minimum Gasteiger partial charge on any atom is -0.497 e. The van der Waals surface area contributed by atoms with Crippen LogP contribution in [0.25, 0.3) is 0 Å². The van der Waals surface area contributed by atoms with Gasteiger partial charge in [0.2, 0.25) is 0 Å². The van der Waals surface area contributed by atoms with Gasteiger partial charge in [0.25, 0.3) is 5.69 Å². The van der Waals surface area contributed by atoms with E-state index in [1.165, 1.54) is 6.07 Å². The first kappa shape index (κ1) is 15.0. The van der Waals surface area contributed by atoms with Crippen molar-refractivity contribution >= 4 is 11.4 Å². The van der Waals surface area contributed by atoms with Gasteiger partial charge >= 0.3 is 0 Å². The molecule has 0 aliphatic rings. The number of benzene rings is 1. The van der Waals surface area contributed by atoms with E-state index in [-0.39, 0.29) is 10.6 Å². The van der Waals surface area contributed by atoms with Gasteiger partial charge < -0.3 is 9.64 Å². The molecular formula is C14H20N2O3. The average molecular weight is 264 g/mol. The predicted molar refractivity (Wildman–Crippen MR) is 77.0 cm³/mol. The molecule has 1 aromatic carbocycles. The van der Waals surface area contributed by atoms with Crippen LogP contribution < -0.4 is 9.64 Å². The summed E-state index contributed by atoms with van der Waals surface area (Å²) in [5.74, 6) is 0.617. The summed E-state index contributed by atoms with van der Waals surface area (Å²) >= 11 is 0. The number of nitro groups is 1. The van der Waals surface area contributed by atoms with Crippen LogP contribution in [-0.4, -0.2) is 25.1 Å². The quantitative estimate of drug-likeness (QED) is 0.410. The lowest BCUT2D eigenvalue weighted by molar-refractivity contribution is -0.384. The fraction of sp³-hybridized carbons (Fsp3) is 0.429. The molecule has 19 heavy (non-hydrogen) atoms. The first-order valence-electron chi connectivity index (χ1n) is 6.32. The minimum atomic E-state index is -0.364. The summed E-state index contributed by atoms with van der Waals surface area (Å²) in [5, 5.41) is 11.1. The molecule has 0 amide bonds. The van der Waals surface area contributed by atoms with Gasteiger partial charge in [0.15, 0.2) is 0 Å². The number of unbranched alkanes of at least 4 members (excludes halogenated alkanes) is 1. The Kier molecular flexibility index (Phi) is 5.85. The van der Waals surface area contributed by atoms with Crippen LogP contribution in [0.3, 0.4) is 0 Å². The number of rotatable bonds is 8. The van der Waals surface area contributed by atoms with Crippen molar-refractivity contribution in [2.24, 2.45) is 0 Å². The fourth-order valence-electron chi connectivity index (χ4n) is 1.85. The van der Waals surface area contributed by atoms with Gasteiger partial charge in [-0.05, 0) is 12.5 Å². The maximum Gasteiger partial charge on any atom is 0.292 e. The zero-order chi connectivity index (χ0) is 14.3. The Labute approximate surface area is 113 Å². The molecule has 0 aromatic heterocycles. The van der Waals surface area contributed by atoms with E-state index in [2.05, 4.69) is 13.5 Å². The lowest BCUT2D eigenvalue weighted by Crippen LogP contribution is -2.25. The first-order valence-corrected chi connectivity index (χ1v) is 6.32. The SMILES string of the molecule is C=CCN(CCCC)c1cc(OC)ccc1[N+](=O)[O-]. The Balaban J connectivity index is 3.16. The normalized spacial score (nSPS) is 10.0. The molecule has 0 unspecified atom stereocenters. The van der Waals surface area contributed by atoms with Crippen LogP contribution in [0.1, 0.15) is 19.8 Å². The topological polar surface area (TPSA) is 55.6 Å². The standard InChI is InChI=1S/C14H20N2O3/c1-4-6-10-15(9-5-2)14-11-12(19-3)7-8-13(14)16(17)18/h5,7-8,11H,2,4,6,9-10H2,1,3H3. The van der Waals surface area contributed by atoms with Crippen molar-refractivity contribution in [3.05, 3.63) is 41.0 Å². The van der Waals surface area contributed by atoms with Gasteiger partial charge in [0.1, 0.15) is 11.4 Å². The number of methoxy groups -OCH3 is 1. The van der Waals surface area contributed by atoms with Crippen LogP contribution in [0.4, 0.5) is 11.4 Å². The summed E-state index contributed by atoms with van der Waals surface area (Å²) in [6.07, 6.45) is 3.76. The molecule has 104 valence electrons. The Morgan fingerprint density at radius 2 is 2.26 bits per heavy atom. The molecule has 0 radical (unpaired) electrons. The van der Waals surface area contributed by atoms with Crippen LogP contribution in [0, 0.1) is 10.1 Å². The van der Waals surface area contributed by atoms with Crippen molar-refractivity contribution in [1.82, 2.24) is 0 Å². The molecule has 0 bridgehead atoms. The van der Waals surface area contributed by atoms with E-state index in [1.807, 2.05) is 4.90 Å². The third-order valence-corrected chi connectivity index (χ3v) is 2.85. The molecule has 0 atom stereocenters. The number of ether oxygens (including phenoxy) is 1. The third kappa shape index (κ3) is 3.98. The first-order chi connectivity index (χ1) is 9.13. The van der Waals surface area contributed by atoms with Crippen LogP contribution in [0.2, 0.25) is 0 Å². The number of nitro benzene ring substituents is 1. The van der Waals surface area contributed by atoms with Crippen molar-refractivity contribution < 1.29 is 9.66 Å². The van der Waals surface area contributed by atoms with Crippen molar-refractivity contribution in [3.8, 4) is 5.75 Å². The predicted octanol–water partition coefficient (Wildman–Crippen LogP) is 3.40. The zero-order valence-corrected chi connectivity index (χ0v) is 11.5. The molecule has 0 saturated heterocycles. The van der Waals surface area contributed by atoms with Crippen molar-refractivity contribution in [1.29, 1.82) is 0 Å². The molecule has 5 heteroatoms. The summed E-state index contributed by atoms with van der Waals surface area (Å²) in [6, 6.07) is 4.79. The van der Waals surface area contributed by atoms with Crippen LogP contribution >= 0.6 is 0 Å². The van der Waals surface area contributed by atoms with Crippen LogP contribution in [0.5, 0.6) is 5.75 Å². The van der Waals surface area contributed by atoms with E-state index in [0.717, 1.165) is 19.4 Å². The van der Waals surface area contributed by atoms with E-state index < -0.39 is 0 Å². The number of nitrogens with zero attached hydrogens (tertiary/aromatic N) is 2. The Morgan fingerprint density at radius 3 is 2.79 bits per heavy atom. The lowest BCUT2D eigenvalue weighted by Gasteiger charge is -2.23. The Morgan fingerprint density at radius 1 is 1.53 bits per heavy atom. The van der Waals surface area contributed by atoms with Gasteiger partial charge in [0, 0.05) is 25.2 Å². The van der Waals surface area contributed by atoms with Gasteiger partial charge in [-0.2, -0.15) is 0 Å². The summed E-state index contributed by atoms with van der Waals surface area (Å²) < 4.78 is 5.15. The monoisotopic (exact) mass is 264 g/mol. The molecule has 1 aromatic rings. The summed E-state index contributed by atoms with van der Waals surface area (Å²) in [6.45, 7) is 7.14. The molecule has 0 heterocycles. The van der Waals surface area contributed by atoms with E-state index >= 15 is 0 Å². The smallest absolute Gasteiger partial charge is 0.292 e. The van der Waals surface area contributed by atoms with Crippen molar-refractivity contribution in [2.45, 2.75) is 19.8 Å². The number of hydrogen-bond donors (Lipinski definition) is 0. The number of anilines is 1. The highest BCUT2D eigenvalue weighted by atomic mass is 16.6. The van der Waals surface area contributed by atoms with E-state index in [9.17, 15) is 10.1 Å². The molecule has 0 fully saturated rings. The molecule has 5 nitrogen and oxygen atoms in total. The summed E-state index contributed by atoms with van der Waals surface area (Å²) in [7, 11) is 1.55. The molecule has 0 N–H and O–H groups in total. The average Bonchev–Trinajstić information content (AvgIpc) is 2.42. The van der Waals surface area contributed by atoms with Crippen molar-refractivity contribution in [3.63, 3.8) is 0 Å². The Bertz CT molecular complexity index is 446. The fourth-order valence-corrected chi connectivity index (χ4v) is 1.85. The second-order valence-electron chi connectivity index (χ2n) is 4.20. The molecule has 0 saturated carbocycles. The maximum absolute atomic E-state index is 11.1. The van der Waals surface area contributed by atoms with Crippen LogP contribution in [0.15, 0.2) is 30.9 Å². The molecule has 1 rings (SSSR count).